The van der Waals surface area contributed by atoms with Crippen molar-refractivity contribution in [2.45, 2.75) is 52.1 Å². The highest BCUT2D eigenvalue weighted by molar-refractivity contribution is 4.90. The van der Waals surface area contributed by atoms with Crippen LogP contribution in [0.1, 0.15) is 46.0 Å². The highest BCUT2D eigenvalue weighted by atomic mass is 19.4. The van der Waals surface area contributed by atoms with Crippen LogP contribution in [0.3, 0.4) is 0 Å². The zero-order valence-corrected chi connectivity index (χ0v) is 13.0. The van der Waals surface area contributed by atoms with Gasteiger partial charge >= 0.3 is 6.18 Å². The standard InChI is InChI=1S/C15H29F3N2/c1-4-8-20(12-15(16,17)18)11-14(10-19-3)7-5-6-13(2)9-14/h13,19H,4-12H2,1-3H3. The van der Waals surface area contributed by atoms with Crippen molar-refractivity contribution < 1.29 is 13.2 Å². The molecular formula is C15H29F3N2. The van der Waals surface area contributed by atoms with Crippen LogP contribution >= 0.6 is 0 Å². The first-order chi connectivity index (χ1) is 9.30. The van der Waals surface area contributed by atoms with Gasteiger partial charge in [0.05, 0.1) is 6.54 Å². The quantitative estimate of drug-likeness (QED) is 0.770. The Bertz CT molecular complexity index is 277. The van der Waals surface area contributed by atoms with Crippen molar-refractivity contribution in [2.75, 3.05) is 33.2 Å². The van der Waals surface area contributed by atoms with E-state index >= 15 is 0 Å². The summed E-state index contributed by atoms with van der Waals surface area (Å²) in [5.74, 6) is 0.617. The van der Waals surface area contributed by atoms with Gasteiger partial charge in [0.15, 0.2) is 0 Å². The Hall–Kier alpha value is -0.290. The summed E-state index contributed by atoms with van der Waals surface area (Å²) in [5.41, 5.74) is 0.00678. The van der Waals surface area contributed by atoms with Crippen molar-refractivity contribution in [1.29, 1.82) is 0 Å². The first kappa shape index (κ1) is 17.8. The molecule has 1 aliphatic rings. The van der Waals surface area contributed by atoms with Crippen LogP contribution in [0.2, 0.25) is 0 Å². The third kappa shape index (κ3) is 6.00. The molecule has 0 radical (unpaired) electrons. The maximum atomic E-state index is 12.7. The van der Waals surface area contributed by atoms with E-state index in [1.165, 1.54) is 6.42 Å². The molecule has 1 fully saturated rings. The maximum absolute atomic E-state index is 12.7. The molecule has 120 valence electrons. The van der Waals surface area contributed by atoms with Gasteiger partial charge in [-0.2, -0.15) is 13.2 Å². The van der Waals surface area contributed by atoms with Crippen LogP contribution in [0, 0.1) is 11.3 Å². The van der Waals surface area contributed by atoms with E-state index < -0.39 is 12.7 Å². The Balaban J connectivity index is 2.74. The number of nitrogens with one attached hydrogen (secondary N) is 1. The average molecular weight is 294 g/mol. The van der Waals surface area contributed by atoms with Crippen LogP contribution in [0.15, 0.2) is 0 Å². The van der Waals surface area contributed by atoms with Gasteiger partial charge in [0.1, 0.15) is 0 Å². The van der Waals surface area contributed by atoms with E-state index in [9.17, 15) is 13.2 Å². The minimum Gasteiger partial charge on any atom is -0.319 e. The zero-order valence-electron chi connectivity index (χ0n) is 13.0. The number of hydrogen-bond donors (Lipinski definition) is 1. The van der Waals surface area contributed by atoms with Crippen molar-refractivity contribution >= 4 is 0 Å². The van der Waals surface area contributed by atoms with Gasteiger partial charge in [-0.15, -0.1) is 0 Å². The Morgan fingerprint density at radius 3 is 2.55 bits per heavy atom. The Morgan fingerprint density at radius 1 is 1.35 bits per heavy atom. The van der Waals surface area contributed by atoms with Gasteiger partial charge in [-0.05, 0) is 44.2 Å². The van der Waals surface area contributed by atoms with Gasteiger partial charge in [0, 0.05) is 13.1 Å². The lowest BCUT2D eigenvalue weighted by Crippen LogP contribution is -2.48. The van der Waals surface area contributed by atoms with Crippen molar-refractivity contribution in [3.63, 3.8) is 0 Å². The van der Waals surface area contributed by atoms with Gasteiger partial charge in [-0.25, -0.2) is 0 Å². The number of alkyl halides is 3. The molecule has 1 aliphatic carbocycles. The van der Waals surface area contributed by atoms with E-state index in [1.807, 2.05) is 14.0 Å². The predicted octanol–water partition coefficient (Wildman–Crippen LogP) is 3.68. The van der Waals surface area contributed by atoms with Crippen molar-refractivity contribution in [3.05, 3.63) is 0 Å². The predicted molar refractivity (Wildman–Crippen MR) is 76.8 cm³/mol. The van der Waals surface area contributed by atoms with Gasteiger partial charge < -0.3 is 5.32 Å². The normalized spacial score (nSPS) is 28.1. The van der Waals surface area contributed by atoms with E-state index in [-0.39, 0.29) is 5.41 Å². The molecular weight excluding hydrogens is 265 g/mol. The molecule has 5 heteroatoms. The molecule has 0 spiro atoms. The first-order valence-electron chi connectivity index (χ1n) is 7.74. The highest BCUT2D eigenvalue weighted by Crippen LogP contribution is 2.40. The smallest absolute Gasteiger partial charge is 0.319 e. The van der Waals surface area contributed by atoms with Gasteiger partial charge in [0.2, 0.25) is 0 Å². The fourth-order valence-electron chi connectivity index (χ4n) is 3.76. The average Bonchev–Trinajstić information content (AvgIpc) is 2.26. The summed E-state index contributed by atoms with van der Waals surface area (Å²) in [6.45, 7) is 5.29. The summed E-state index contributed by atoms with van der Waals surface area (Å²) >= 11 is 0. The second kappa shape index (κ2) is 7.64. The molecule has 0 aromatic rings. The number of hydrogen-bond acceptors (Lipinski definition) is 2. The molecule has 0 heterocycles. The lowest BCUT2D eigenvalue weighted by molar-refractivity contribution is -0.150. The second-order valence-electron chi connectivity index (χ2n) is 6.56. The van der Waals surface area contributed by atoms with Crippen LogP contribution in [0.4, 0.5) is 13.2 Å². The van der Waals surface area contributed by atoms with Crippen LogP contribution in [-0.2, 0) is 0 Å². The molecule has 0 aromatic heterocycles. The SMILES string of the molecule is CCCN(CC(F)(F)F)CC1(CNC)CCCC(C)C1. The monoisotopic (exact) mass is 294 g/mol. The number of halogens is 3. The molecule has 20 heavy (non-hydrogen) atoms. The summed E-state index contributed by atoms with van der Waals surface area (Å²) in [6, 6.07) is 0. The van der Waals surface area contributed by atoms with Gasteiger partial charge in [-0.1, -0.05) is 26.7 Å². The molecule has 1 saturated carbocycles. The molecule has 0 amide bonds. The first-order valence-corrected chi connectivity index (χ1v) is 7.74. The Kier molecular flexibility index (Phi) is 6.79. The van der Waals surface area contributed by atoms with Crippen molar-refractivity contribution in [3.8, 4) is 0 Å². The molecule has 2 unspecified atom stereocenters. The zero-order chi connectivity index (χ0) is 15.2. The topological polar surface area (TPSA) is 15.3 Å². The van der Waals surface area contributed by atoms with Crippen molar-refractivity contribution in [1.82, 2.24) is 10.2 Å². The van der Waals surface area contributed by atoms with E-state index in [0.29, 0.717) is 19.0 Å². The minimum atomic E-state index is -4.10. The molecule has 1 N–H and O–H groups in total. The molecule has 2 atom stereocenters. The number of rotatable bonds is 7. The Morgan fingerprint density at radius 2 is 2.05 bits per heavy atom. The summed E-state index contributed by atoms with van der Waals surface area (Å²) in [4.78, 5) is 1.61. The van der Waals surface area contributed by atoms with E-state index in [2.05, 4.69) is 12.2 Å². The summed E-state index contributed by atoms with van der Waals surface area (Å²) in [6.07, 6.45) is 1.08. The molecule has 1 rings (SSSR count). The van der Waals surface area contributed by atoms with Crippen LogP contribution < -0.4 is 5.32 Å². The third-order valence-corrected chi connectivity index (χ3v) is 4.24. The largest absolute Gasteiger partial charge is 0.401 e. The van der Waals surface area contributed by atoms with Crippen LogP contribution in [0.25, 0.3) is 0 Å². The van der Waals surface area contributed by atoms with E-state index in [1.54, 1.807) is 4.90 Å². The van der Waals surface area contributed by atoms with Crippen molar-refractivity contribution in [2.24, 2.45) is 11.3 Å². The molecule has 0 saturated heterocycles. The molecule has 0 bridgehead atoms. The molecule has 2 nitrogen and oxygen atoms in total. The highest BCUT2D eigenvalue weighted by Gasteiger charge is 2.38. The summed E-state index contributed by atoms with van der Waals surface area (Å²) in [7, 11) is 1.90. The fourth-order valence-corrected chi connectivity index (χ4v) is 3.76. The van der Waals surface area contributed by atoms with Gasteiger partial charge in [-0.3, -0.25) is 4.90 Å². The van der Waals surface area contributed by atoms with E-state index in [0.717, 1.165) is 32.2 Å². The summed E-state index contributed by atoms with van der Waals surface area (Å²) in [5, 5.41) is 3.20. The molecule has 0 aliphatic heterocycles. The molecule has 0 aromatic carbocycles. The number of nitrogens with zero attached hydrogens (tertiary/aromatic N) is 1. The van der Waals surface area contributed by atoms with Crippen LogP contribution in [-0.4, -0.2) is 44.3 Å². The van der Waals surface area contributed by atoms with E-state index in [4.69, 9.17) is 0 Å². The summed E-state index contributed by atoms with van der Waals surface area (Å²) < 4.78 is 38.1. The Labute approximate surface area is 121 Å². The maximum Gasteiger partial charge on any atom is 0.401 e. The van der Waals surface area contributed by atoms with Gasteiger partial charge in [0.25, 0.3) is 0 Å². The lowest BCUT2D eigenvalue weighted by atomic mass is 9.69. The second-order valence-corrected chi connectivity index (χ2v) is 6.56. The third-order valence-electron chi connectivity index (χ3n) is 4.24. The minimum absolute atomic E-state index is 0.00678. The van der Waals surface area contributed by atoms with Crippen LogP contribution in [0.5, 0.6) is 0 Å². The lowest BCUT2D eigenvalue weighted by Gasteiger charge is -2.43. The fraction of sp³-hybridized carbons (Fsp3) is 1.00.